The summed E-state index contributed by atoms with van der Waals surface area (Å²) in [4.78, 5) is 23.3. The number of hydrazine groups is 1. The third-order valence-electron chi connectivity index (χ3n) is 8.43. The molecule has 4 fully saturated rings. The largest absolute Gasteiger partial charge is 0.449 e. The van der Waals surface area contributed by atoms with Gasteiger partial charge >= 0.3 is 0 Å². The second kappa shape index (κ2) is 8.10. The van der Waals surface area contributed by atoms with E-state index in [2.05, 4.69) is 59.8 Å². The molecule has 3 aliphatic heterocycles. The van der Waals surface area contributed by atoms with E-state index in [4.69, 9.17) is 4.42 Å². The van der Waals surface area contributed by atoms with Gasteiger partial charge in [-0.15, -0.1) is 17.2 Å². The third-order valence-corrected chi connectivity index (χ3v) is 10.1. The van der Waals surface area contributed by atoms with Crippen molar-refractivity contribution in [3.05, 3.63) is 23.3 Å². The summed E-state index contributed by atoms with van der Waals surface area (Å²) in [6.07, 6.45) is 10.6. The fourth-order valence-electron chi connectivity index (χ4n) is 6.70. The average Bonchev–Trinajstić information content (AvgIpc) is 3.41. The molecule has 1 aromatic heterocycles. The molecule has 0 aromatic carbocycles. The molecule has 1 aromatic rings. The highest BCUT2D eigenvalue weighted by Gasteiger charge is 2.62. The number of hydrogen-bond donors (Lipinski definition) is 1. The topological polar surface area (TPSA) is 64.6 Å². The second-order valence-corrected chi connectivity index (χ2v) is 11.4. The van der Waals surface area contributed by atoms with Gasteiger partial charge in [0.05, 0.1) is 22.5 Å². The van der Waals surface area contributed by atoms with E-state index >= 15 is 0 Å². The van der Waals surface area contributed by atoms with Gasteiger partial charge in [-0.2, -0.15) is 4.90 Å². The van der Waals surface area contributed by atoms with Crippen LogP contribution in [-0.4, -0.2) is 61.7 Å². The predicted octanol–water partition coefficient (Wildman–Crippen LogP) is 3.46. The van der Waals surface area contributed by atoms with Gasteiger partial charge in [-0.1, -0.05) is 33.1 Å². The molecule has 0 bridgehead atoms. The first-order valence-corrected chi connectivity index (χ1v) is 12.7. The quantitative estimate of drug-likeness (QED) is 0.731. The van der Waals surface area contributed by atoms with Crippen molar-refractivity contribution in [2.24, 2.45) is 17.8 Å². The zero-order chi connectivity index (χ0) is 21.0. The number of nitrogens with one attached hydrogen (secondary N) is 1. The first-order chi connectivity index (χ1) is 14.5. The van der Waals surface area contributed by atoms with Gasteiger partial charge in [0.1, 0.15) is 11.1 Å². The zero-order valence-electron chi connectivity index (χ0n) is 18.6. The molecular formula is C22H36N5O2S+. The van der Waals surface area contributed by atoms with Crippen LogP contribution in [0.5, 0.6) is 0 Å². The van der Waals surface area contributed by atoms with Crippen LogP contribution in [-0.2, 0) is 6.42 Å². The van der Waals surface area contributed by atoms with E-state index in [1.165, 1.54) is 32.1 Å². The van der Waals surface area contributed by atoms with Gasteiger partial charge in [0.15, 0.2) is 12.1 Å². The fourth-order valence-corrected chi connectivity index (χ4v) is 8.60. The first-order valence-electron chi connectivity index (χ1n) is 11.7. The van der Waals surface area contributed by atoms with Crippen LogP contribution in [0.15, 0.2) is 16.9 Å². The van der Waals surface area contributed by atoms with Crippen LogP contribution in [0.25, 0.3) is 0 Å². The Morgan fingerprint density at radius 1 is 1.27 bits per heavy atom. The number of nitrogens with zero attached hydrogens (tertiary/aromatic N) is 4. The minimum absolute atomic E-state index is 0.0273. The van der Waals surface area contributed by atoms with Crippen LogP contribution in [0.3, 0.4) is 0 Å². The highest BCUT2D eigenvalue weighted by atomic mass is 32.2. The number of nitroso groups, excluding NO2 is 1. The Labute approximate surface area is 183 Å². The zero-order valence-corrected chi connectivity index (χ0v) is 19.4. The van der Waals surface area contributed by atoms with Crippen LogP contribution < -0.4 is 5.43 Å². The molecule has 0 spiro atoms. The fraction of sp³-hybridized carbons (Fsp3) is 0.864. The SMILES string of the molecule is CC1SC2C(C1C)C(C1CCCCC1)N(C)[C@@H](Cc1ncco1)C1N[N+](=O)C(C)N21. The van der Waals surface area contributed by atoms with E-state index in [0.29, 0.717) is 28.5 Å². The lowest BCUT2D eigenvalue weighted by atomic mass is 9.73. The smallest absolute Gasteiger partial charge is 0.289 e. The minimum Gasteiger partial charge on any atom is -0.449 e. The van der Waals surface area contributed by atoms with Gasteiger partial charge in [-0.25, -0.2) is 4.98 Å². The van der Waals surface area contributed by atoms with Gasteiger partial charge < -0.3 is 4.42 Å². The summed E-state index contributed by atoms with van der Waals surface area (Å²) in [6, 6.07) is 0.674. The predicted molar refractivity (Wildman–Crippen MR) is 117 cm³/mol. The van der Waals surface area contributed by atoms with E-state index < -0.39 is 0 Å². The lowest BCUT2D eigenvalue weighted by Gasteiger charge is -2.44. The molecule has 1 saturated carbocycles. The van der Waals surface area contributed by atoms with E-state index in [9.17, 15) is 4.91 Å². The summed E-state index contributed by atoms with van der Waals surface area (Å²) in [5, 5.41) is 0.974. The van der Waals surface area contributed by atoms with E-state index in [1.807, 2.05) is 0 Å². The van der Waals surface area contributed by atoms with Crippen molar-refractivity contribution in [2.75, 3.05) is 7.05 Å². The molecule has 0 radical (unpaired) electrons. The van der Waals surface area contributed by atoms with Crippen molar-refractivity contribution in [3.63, 3.8) is 0 Å². The van der Waals surface area contributed by atoms with Crippen molar-refractivity contribution in [3.8, 4) is 0 Å². The van der Waals surface area contributed by atoms with E-state index in [-0.39, 0.29) is 18.4 Å². The van der Waals surface area contributed by atoms with Crippen molar-refractivity contribution in [2.45, 2.75) is 94.3 Å². The highest BCUT2D eigenvalue weighted by Crippen LogP contribution is 2.53. The number of thioether (sulfide) groups is 1. The van der Waals surface area contributed by atoms with E-state index in [0.717, 1.165) is 23.1 Å². The molecule has 30 heavy (non-hydrogen) atoms. The van der Waals surface area contributed by atoms with Crippen LogP contribution >= 0.6 is 11.8 Å². The second-order valence-electron chi connectivity index (χ2n) is 9.90. The normalized spacial score (nSPS) is 43.3. The molecule has 3 saturated heterocycles. The van der Waals surface area contributed by atoms with Crippen LogP contribution in [0.1, 0.15) is 58.8 Å². The Morgan fingerprint density at radius 3 is 2.73 bits per heavy atom. The Kier molecular flexibility index (Phi) is 5.60. The van der Waals surface area contributed by atoms with Crippen LogP contribution in [0.4, 0.5) is 0 Å². The summed E-state index contributed by atoms with van der Waals surface area (Å²) >= 11 is 2.09. The van der Waals surface area contributed by atoms with E-state index in [1.54, 1.807) is 12.5 Å². The first kappa shape index (κ1) is 20.8. The van der Waals surface area contributed by atoms with Gasteiger partial charge in [-0.05, 0) is 31.7 Å². The van der Waals surface area contributed by atoms with Crippen molar-refractivity contribution >= 4 is 11.8 Å². The van der Waals surface area contributed by atoms with Gasteiger partial charge in [0.25, 0.3) is 6.17 Å². The maximum Gasteiger partial charge on any atom is 0.289 e. The number of aromatic nitrogens is 1. The van der Waals surface area contributed by atoms with Crippen LogP contribution in [0.2, 0.25) is 0 Å². The summed E-state index contributed by atoms with van der Waals surface area (Å²) in [6.45, 7) is 6.87. The maximum absolute atomic E-state index is 12.7. The van der Waals surface area contributed by atoms with Gasteiger partial charge in [0.2, 0.25) is 0 Å². The molecule has 7 nitrogen and oxygen atoms in total. The summed E-state index contributed by atoms with van der Waals surface area (Å²) < 4.78 is 5.66. The highest BCUT2D eigenvalue weighted by molar-refractivity contribution is 8.00. The molecule has 4 aliphatic rings. The number of hydrogen-bond acceptors (Lipinski definition) is 6. The lowest BCUT2D eigenvalue weighted by Crippen LogP contribution is -2.56. The standard InChI is InChI=1S/C22H36N5O2S/c1-13-14(2)30-22-19(13)20(16-8-6-5-7-9-16)25(4)17(12-18-23-10-11-29-18)21-24-27(28)15(3)26(21)22/h10-11,13-17,19-22H,5-9,12H2,1-4H3,(H,24,28)/q+1/t13?,14?,15?,17-,19?,20?,21?,22?/m0/s1. The molecule has 4 heterocycles. The molecule has 0 amide bonds. The van der Waals surface area contributed by atoms with Crippen LogP contribution in [0, 0.1) is 22.7 Å². The number of likely N-dealkylation sites (N-methyl/N-ethyl adjacent to an activating group) is 1. The molecule has 1 aliphatic carbocycles. The Morgan fingerprint density at radius 2 is 2.03 bits per heavy atom. The molecule has 8 heteroatoms. The monoisotopic (exact) mass is 434 g/mol. The molecule has 7 unspecified atom stereocenters. The van der Waals surface area contributed by atoms with Crippen molar-refractivity contribution in [1.82, 2.24) is 20.2 Å². The lowest BCUT2D eigenvalue weighted by molar-refractivity contribution is -0.626. The maximum atomic E-state index is 12.7. The Bertz CT molecular complexity index is 755. The van der Waals surface area contributed by atoms with Gasteiger partial charge in [-0.3, -0.25) is 4.90 Å². The van der Waals surface area contributed by atoms with Gasteiger partial charge in [0, 0.05) is 30.6 Å². The summed E-state index contributed by atoms with van der Waals surface area (Å²) in [5.74, 6) is 2.68. The molecule has 166 valence electrons. The molecule has 1 N–H and O–H groups in total. The Hall–Kier alpha value is -1.12. The summed E-state index contributed by atoms with van der Waals surface area (Å²) in [7, 11) is 2.30. The van der Waals surface area contributed by atoms with Crippen molar-refractivity contribution in [1.29, 1.82) is 0 Å². The molecule has 5 rings (SSSR count). The van der Waals surface area contributed by atoms with Crippen molar-refractivity contribution < 1.29 is 9.29 Å². The molecule has 8 atom stereocenters. The number of oxazole rings is 1. The average molecular weight is 435 g/mol. The Balaban J connectivity index is 1.57. The minimum atomic E-state index is -0.168. The third kappa shape index (κ3) is 3.30. The number of rotatable bonds is 3. The number of fused-ring (bicyclic) bond motifs is 3. The molecular weight excluding hydrogens is 398 g/mol. The summed E-state index contributed by atoms with van der Waals surface area (Å²) in [5.41, 5.74) is 3.28.